The smallest absolute Gasteiger partial charge is 0.145 e. The number of anilines is 1. The number of hydrogen-bond donors (Lipinski definition) is 2. The molecule has 0 aliphatic heterocycles. The van der Waals surface area contributed by atoms with Gasteiger partial charge in [0.25, 0.3) is 0 Å². The predicted octanol–water partition coefficient (Wildman–Crippen LogP) is 2.04. The van der Waals surface area contributed by atoms with Crippen LogP contribution in [0, 0.1) is 29.6 Å². The van der Waals surface area contributed by atoms with Gasteiger partial charge in [-0.05, 0) is 18.6 Å². The molecular formula is C11H9N3O. The van der Waals surface area contributed by atoms with Crippen LogP contribution in [0.2, 0.25) is 0 Å². The summed E-state index contributed by atoms with van der Waals surface area (Å²) in [6.07, 6.45) is 1.30. The number of aromatic hydroxyl groups is 1. The molecule has 4 nitrogen and oxygen atoms in total. The second-order valence-electron chi connectivity index (χ2n) is 2.93. The van der Waals surface area contributed by atoms with Gasteiger partial charge in [0, 0.05) is 18.0 Å². The van der Waals surface area contributed by atoms with Crippen LogP contribution in [0.5, 0.6) is 5.75 Å². The van der Waals surface area contributed by atoms with E-state index in [1.54, 1.807) is 31.2 Å². The van der Waals surface area contributed by atoms with Gasteiger partial charge in [-0.3, -0.25) is 0 Å². The molecule has 0 unspecified atom stereocenters. The highest BCUT2D eigenvalue weighted by atomic mass is 16.3. The normalized spacial score (nSPS) is 8.47. The van der Waals surface area contributed by atoms with Crippen molar-refractivity contribution in [1.29, 1.82) is 10.5 Å². The number of nitriles is 2. The third-order valence-electron chi connectivity index (χ3n) is 1.83. The molecule has 0 fully saturated rings. The van der Waals surface area contributed by atoms with E-state index in [-0.39, 0.29) is 11.3 Å². The van der Waals surface area contributed by atoms with Crippen molar-refractivity contribution in [2.45, 2.75) is 6.92 Å². The molecular weight excluding hydrogens is 190 g/mol. The summed E-state index contributed by atoms with van der Waals surface area (Å²) in [6, 6.07) is 8.46. The maximum absolute atomic E-state index is 9.39. The van der Waals surface area contributed by atoms with Crippen LogP contribution in [0.25, 0.3) is 0 Å². The van der Waals surface area contributed by atoms with E-state index in [4.69, 9.17) is 10.5 Å². The quantitative estimate of drug-likeness (QED) is 0.714. The van der Waals surface area contributed by atoms with E-state index in [0.29, 0.717) is 5.69 Å². The molecule has 1 aromatic rings. The molecule has 74 valence electrons. The Bertz CT molecular complexity index is 462. The molecule has 0 spiro atoms. The number of phenolic OH excluding ortho intramolecular Hbond substituents is 1. The summed E-state index contributed by atoms with van der Waals surface area (Å²) in [4.78, 5) is 0. The fourth-order valence-corrected chi connectivity index (χ4v) is 0.944. The van der Waals surface area contributed by atoms with Gasteiger partial charge in [0.1, 0.15) is 23.5 Å². The second-order valence-corrected chi connectivity index (χ2v) is 2.93. The number of benzene rings is 1. The van der Waals surface area contributed by atoms with Gasteiger partial charge in [0.2, 0.25) is 0 Å². The Morgan fingerprint density at radius 3 is 2.60 bits per heavy atom. The lowest BCUT2D eigenvalue weighted by Gasteiger charge is -2.03. The third kappa shape index (κ3) is 2.75. The lowest BCUT2D eigenvalue weighted by atomic mass is 10.2. The lowest BCUT2D eigenvalue weighted by Crippen LogP contribution is -1.89. The fourth-order valence-electron chi connectivity index (χ4n) is 0.944. The van der Waals surface area contributed by atoms with Gasteiger partial charge in [-0.2, -0.15) is 10.5 Å². The summed E-state index contributed by atoms with van der Waals surface area (Å²) < 4.78 is 0. The van der Waals surface area contributed by atoms with Gasteiger partial charge in [0.05, 0.1) is 0 Å². The number of phenols is 1. The average Bonchev–Trinajstić information content (AvgIpc) is 2.24. The molecule has 1 rings (SSSR count). The number of nitrogens with zero attached hydrogens (tertiary/aromatic N) is 2. The maximum Gasteiger partial charge on any atom is 0.145 e. The number of hydrogen-bond acceptors (Lipinski definition) is 4. The van der Waals surface area contributed by atoms with Crippen molar-refractivity contribution in [3.8, 4) is 17.9 Å². The molecule has 0 aliphatic rings. The minimum atomic E-state index is -0.0185. The molecule has 0 heterocycles. The molecule has 0 aliphatic carbocycles. The van der Waals surface area contributed by atoms with E-state index in [2.05, 4.69) is 5.32 Å². The molecule has 15 heavy (non-hydrogen) atoms. The van der Waals surface area contributed by atoms with Crippen molar-refractivity contribution >= 4 is 5.69 Å². The summed E-state index contributed by atoms with van der Waals surface area (Å²) in [5, 5.41) is 29.1. The number of aryl methyl sites for hydroxylation is 1. The van der Waals surface area contributed by atoms with Crippen molar-refractivity contribution in [3.05, 3.63) is 35.5 Å². The van der Waals surface area contributed by atoms with E-state index in [1.807, 2.05) is 0 Å². The minimum absolute atomic E-state index is 0.0185. The summed E-state index contributed by atoms with van der Waals surface area (Å²) in [5.41, 5.74) is 1.38. The minimum Gasteiger partial charge on any atom is -0.508 e. The zero-order valence-electron chi connectivity index (χ0n) is 8.15. The standard InChI is InChI=1S/C11H9N3O/c1-8-2-3-10(4-11(8)15)14-7-9(5-12)6-13/h2-4,7,14-15H,1H3. The average molecular weight is 199 g/mol. The van der Waals surface area contributed by atoms with E-state index in [1.165, 1.54) is 12.3 Å². The van der Waals surface area contributed by atoms with Crippen molar-refractivity contribution in [3.63, 3.8) is 0 Å². The molecule has 0 radical (unpaired) electrons. The number of allylic oxidation sites excluding steroid dienone is 1. The highest BCUT2D eigenvalue weighted by Crippen LogP contribution is 2.20. The van der Waals surface area contributed by atoms with Gasteiger partial charge >= 0.3 is 0 Å². The first-order chi connectivity index (χ1) is 7.17. The molecule has 0 bridgehead atoms. The molecule has 0 saturated carbocycles. The highest BCUT2D eigenvalue weighted by molar-refractivity contribution is 5.54. The highest BCUT2D eigenvalue weighted by Gasteiger charge is 1.97. The number of rotatable bonds is 2. The van der Waals surface area contributed by atoms with E-state index < -0.39 is 0 Å². The Labute approximate surface area is 87.7 Å². The molecule has 0 saturated heterocycles. The summed E-state index contributed by atoms with van der Waals surface area (Å²) >= 11 is 0. The second kappa shape index (κ2) is 4.69. The van der Waals surface area contributed by atoms with E-state index in [9.17, 15) is 5.11 Å². The predicted molar refractivity (Wildman–Crippen MR) is 55.8 cm³/mol. The van der Waals surface area contributed by atoms with Gasteiger partial charge in [-0.1, -0.05) is 6.07 Å². The van der Waals surface area contributed by atoms with Crippen molar-refractivity contribution in [1.82, 2.24) is 0 Å². The van der Waals surface area contributed by atoms with E-state index >= 15 is 0 Å². The Hall–Kier alpha value is -2.46. The largest absolute Gasteiger partial charge is 0.508 e. The SMILES string of the molecule is Cc1ccc(NC=C(C#N)C#N)cc1O. The molecule has 2 N–H and O–H groups in total. The van der Waals surface area contributed by atoms with Crippen LogP contribution >= 0.6 is 0 Å². The molecule has 0 amide bonds. The van der Waals surface area contributed by atoms with Crippen LogP contribution in [-0.4, -0.2) is 5.11 Å². The Balaban J connectivity index is 2.84. The summed E-state index contributed by atoms with van der Waals surface area (Å²) in [7, 11) is 0. The Kier molecular flexibility index (Phi) is 3.32. The van der Waals surface area contributed by atoms with Gasteiger partial charge < -0.3 is 10.4 Å². The maximum atomic E-state index is 9.39. The Morgan fingerprint density at radius 1 is 1.40 bits per heavy atom. The third-order valence-corrected chi connectivity index (χ3v) is 1.83. The first-order valence-electron chi connectivity index (χ1n) is 4.24. The van der Waals surface area contributed by atoms with Crippen molar-refractivity contribution in [2.75, 3.05) is 5.32 Å². The van der Waals surface area contributed by atoms with Crippen LogP contribution in [-0.2, 0) is 0 Å². The lowest BCUT2D eigenvalue weighted by molar-refractivity contribution is 0.471. The summed E-state index contributed by atoms with van der Waals surface area (Å²) in [5.74, 6) is 0.170. The van der Waals surface area contributed by atoms with Crippen LogP contribution in [0.4, 0.5) is 5.69 Å². The molecule has 0 aromatic heterocycles. The van der Waals surface area contributed by atoms with Gasteiger partial charge in [-0.15, -0.1) is 0 Å². The summed E-state index contributed by atoms with van der Waals surface area (Å²) in [6.45, 7) is 1.78. The first-order valence-corrected chi connectivity index (χ1v) is 4.24. The van der Waals surface area contributed by atoms with Crippen molar-refractivity contribution in [2.24, 2.45) is 0 Å². The monoisotopic (exact) mass is 199 g/mol. The Morgan fingerprint density at radius 2 is 2.07 bits per heavy atom. The van der Waals surface area contributed by atoms with Crippen LogP contribution in [0.15, 0.2) is 30.0 Å². The molecule has 1 aromatic carbocycles. The molecule has 0 atom stereocenters. The zero-order chi connectivity index (χ0) is 11.3. The van der Waals surface area contributed by atoms with E-state index in [0.717, 1.165) is 5.56 Å². The van der Waals surface area contributed by atoms with Crippen LogP contribution < -0.4 is 5.32 Å². The van der Waals surface area contributed by atoms with Crippen molar-refractivity contribution < 1.29 is 5.11 Å². The first kappa shape index (κ1) is 10.6. The van der Waals surface area contributed by atoms with Gasteiger partial charge in [-0.25, -0.2) is 0 Å². The fraction of sp³-hybridized carbons (Fsp3) is 0.0909. The van der Waals surface area contributed by atoms with Gasteiger partial charge in [0.15, 0.2) is 0 Å². The number of nitrogens with one attached hydrogen (secondary N) is 1. The molecule has 4 heteroatoms. The topological polar surface area (TPSA) is 79.8 Å². The van der Waals surface area contributed by atoms with Crippen LogP contribution in [0.1, 0.15) is 5.56 Å². The zero-order valence-corrected chi connectivity index (χ0v) is 8.15. The van der Waals surface area contributed by atoms with Crippen LogP contribution in [0.3, 0.4) is 0 Å².